The molecule has 0 saturated heterocycles. The molecule has 0 radical (unpaired) electrons. The normalized spacial score (nSPS) is 12.2. The third kappa shape index (κ3) is 5.88. The number of hydrogen-bond donors (Lipinski definition) is 2. The van der Waals surface area contributed by atoms with Gasteiger partial charge in [0.2, 0.25) is 0 Å². The molecule has 178 valence electrons. The highest BCUT2D eigenvalue weighted by molar-refractivity contribution is 5.68. The third-order valence-electron chi connectivity index (χ3n) is 6.58. The van der Waals surface area contributed by atoms with Crippen molar-refractivity contribution in [2.24, 2.45) is 0 Å². The quantitative estimate of drug-likeness (QED) is 0.382. The van der Waals surface area contributed by atoms with Crippen molar-refractivity contribution in [1.82, 2.24) is 0 Å². The Morgan fingerprint density at radius 3 is 0.750 bits per heavy atom. The van der Waals surface area contributed by atoms with Crippen molar-refractivity contribution in [3.8, 4) is 0 Å². The van der Waals surface area contributed by atoms with Gasteiger partial charge in [-0.25, -0.2) is 0 Å². The monoisotopic (exact) mass is 436 g/mol. The van der Waals surface area contributed by atoms with Crippen LogP contribution in [0.3, 0.4) is 0 Å². The molecule has 0 bridgehead atoms. The molecule has 0 aliphatic carbocycles. The van der Waals surface area contributed by atoms with Gasteiger partial charge in [0.15, 0.2) is 0 Å². The second-order valence-corrected chi connectivity index (χ2v) is 11.3. The Morgan fingerprint density at radius 2 is 0.594 bits per heavy atom. The van der Waals surface area contributed by atoms with Crippen molar-refractivity contribution in [2.75, 3.05) is 10.9 Å². The average Bonchev–Trinajstić information content (AvgIpc) is 2.70. The van der Waals surface area contributed by atoms with Crippen LogP contribution in [0.25, 0.3) is 0 Å². The molecule has 2 aromatic rings. The molecule has 32 heavy (non-hydrogen) atoms. The van der Waals surface area contributed by atoms with Gasteiger partial charge in [0.05, 0.1) is 11.4 Å². The van der Waals surface area contributed by atoms with Crippen LogP contribution in [0.2, 0.25) is 0 Å². The van der Waals surface area contributed by atoms with Crippen LogP contribution < -0.4 is 10.9 Å². The fourth-order valence-corrected chi connectivity index (χ4v) is 4.33. The van der Waals surface area contributed by atoms with Gasteiger partial charge in [-0.3, -0.25) is 0 Å². The van der Waals surface area contributed by atoms with E-state index in [1.807, 2.05) is 0 Å². The summed E-state index contributed by atoms with van der Waals surface area (Å²) in [4.78, 5) is 0. The van der Waals surface area contributed by atoms with Gasteiger partial charge in [0, 0.05) is 0 Å². The van der Waals surface area contributed by atoms with Crippen LogP contribution in [0.15, 0.2) is 24.3 Å². The SMILES string of the molecule is CC(C)c1cc(C(C)C)c(NNc2c(C(C)C)cc(C(C)C)cc2C(C)C)c(C(C)C)c1. The molecule has 0 saturated carbocycles. The fraction of sp³-hybridized carbons (Fsp3) is 0.600. The van der Waals surface area contributed by atoms with Crippen LogP contribution in [0.1, 0.15) is 152 Å². The van der Waals surface area contributed by atoms with E-state index in [-0.39, 0.29) is 0 Å². The van der Waals surface area contributed by atoms with Gasteiger partial charge in [0.1, 0.15) is 0 Å². The zero-order chi connectivity index (χ0) is 24.3. The number of benzene rings is 2. The van der Waals surface area contributed by atoms with Gasteiger partial charge in [-0.2, -0.15) is 0 Å². The molecule has 2 nitrogen and oxygen atoms in total. The van der Waals surface area contributed by atoms with Crippen LogP contribution >= 0.6 is 0 Å². The number of hydrazine groups is 1. The lowest BCUT2D eigenvalue weighted by Gasteiger charge is -2.27. The van der Waals surface area contributed by atoms with Crippen LogP contribution in [0.4, 0.5) is 11.4 Å². The van der Waals surface area contributed by atoms with Crippen molar-refractivity contribution in [3.63, 3.8) is 0 Å². The number of rotatable bonds is 9. The highest BCUT2D eigenvalue weighted by Gasteiger charge is 2.20. The minimum absolute atomic E-state index is 0.452. The topological polar surface area (TPSA) is 24.1 Å². The Bertz CT molecular complexity index is 768. The van der Waals surface area contributed by atoms with E-state index in [1.54, 1.807) is 0 Å². The Kier molecular flexibility index (Phi) is 8.85. The molecule has 0 aromatic heterocycles. The largest absolute Gasteiger partial charge is 0.300 e. The Labute approximate surface area is 198 Å². The van der Waals surface area contributed by atoms with Crippen molar-refractivity contribution in [2.45, 2.75) is 119 Å². The molecule has 0 amide bonds. The first-order chi connectivity index (χ1) is 14.8. The van der Waals surface area contributed by atoms with E-state index in [2.05, 4.69) is 118 Å². The summed E-state index contributed by atoms with van der Waals surface area (Å²) in [5, 5.41) is 0. The summed E-state index contributed by atoms with van der Waals surface area (Å²) in [6, 6.07) is 9.61. The highest BCUT2D eigenvalue weighted by atomic mass is 15.4. The Hall–Kier alpha value is -1.96. The van der Waals surface area contributed by atoms with Crippen molar-refractivity contribution < 1.29 is 0 Å². The molecule has 0 heterocycles. The second kappa shape index (κ2) is 10.8. The summed E-state index contributed by atoms with van der Waals surface area (Å²) in [7, 11) is 0. The molecule has 2 aromatic carbocycles. The molecular formula is C30H48N2. The number of nitrogens with one attached hydrogen (secondary N) is 2. The summed E-state index contributed by atoms with van der Waals surface area (Å²) in [5.41, 5.74) is 18.3. The van der Waals surface area contributed by atoms with Crippen LogP contribution in [0.5, 0.6) is 0 Å². The third-order valence-corrected chi connectivity index (χ3v) is 6.58. The first-order valence-electron chi connectivity index (χ1n) is 12.7. The Balaban J connectivity index is 2.63. The second-order valence-electron chi connectivity index (χ2n) is 11.3. The van der Waals surface area contributed by atoms with Gasteiger partial charge < -0.3 is 10.9 Å². The van der Waals surface area contributed by atoms with Gasteiger partial charge in [-0.15, -0.1) is 0 Å². The predicted octanol–water partition coefficient (Wildman–Crippen LogP) is 9.87. The first-order valence-corrected chi connectivity index (χ1v) is 12.7. The highest BCUT2D eigenvalue weighted by Crippen LogP contribution is 2.39. The molecule has 2 heteroatoms. The minimum Gasteiger partial charge on any atom is -0.300 e. The van der Waals surface area contributed by atoms with E-state index in [4.69, 9.17) is 0 Å². The fourth-order valence-electron chi connectivity index (χ4n) is 4.33. The van der Waals surface area contributed by atoms with Gasteiger partial charge in [-0.05, 0) is 68.9 Å². The smallest absolute Gasteiger partial charge is 0.0609 e. The van der Waals surface area contributed by atoms with Crippen molar-refractivity contribution in [1.29, 1.82) is 0 Å². The van der Waals surface area contributed by atoms with E-state index in [1.165, 1.54) is 44.8 Å². The average molecular weight is 437 g/mol. The lowest BCUT2D eigenvalue weighted by Crippen LogP contribution is -2.18. The first kappa shape index (κ1) is 26.3. The lowest BCUT2D eigenvalue weighted by molar-refractivity contribution is 0.801. The molecule has 0 fully saturated rings. The Morgan fingerprint density at radius 1 is 0.375 bits per heavy atom. The van der Waals surface area contributed by atoms with Crippen LogP contribution in [-0.2, 0) is 0 Å². The van der Waals surface area contributed by atoms with E-state index >= 15 is 0 Å². The maximum Gasteiger partial charge on any atom is 0.0609 e. The van der Waals surface area contributed by atoms with Gasteiger partial charge in [-0.1, -0.05) is 107 Å². The summed E-state index contributed by atoms with van der Waals surface area (Å²) in [6.07, 6.45) is 0. The van der Waals surface area contributed by atoms with E-state index in [9.17, 15) is 0 Å². The molecule has 0 atom stereocenters. The maximum atomic E-state index is 3.72. The number of anilines is 2. The lowest BCUT2D eigenvalue weighted by atomic mass is 9.87. The van der Waals surface area contributed by atoms with E-state index < -0.39 is 0 Å². The van der Waals surface area contributed by atoms with Gasteiger partial charge in [0.25, 0.3) is 0 Å². The molecule has 0 aliphatic heterocycles. The van der Waals surface area contributed by atoms with Crippen molar-refractivity contribution in [3.05, 3.63) is 57.6 Å². The predicted molar refractivity (Wildman–Crippen MR) is 145 cm³/mol. The molecule has 2 N–H and O–H groups in total. The zero-order valence-corrected chi connectivity index (χ0v) is 22.8. The minimum atomic E-state index is 0.452. The van der Waals surface area contributed by atoms with E-state index in [0.717, 1.165) is 0 Å². The number of hydrogen-bond acceptors (Lipinski definition) is 2. The zero-order valence-electron chi connectivity index (χ0n) is 22.8. The summed E-state index contributed by atoms with van der Waals surface area (Å²) >= 11 is 0. The molecule has 0 unspecified atom stereocenters. The van der Waals surface area contributed by atoms with E-state index in [0.29, 0.717) is 35.5 Å². The van der Waals surface area contributed by atoms with Crippen LogP contribution in [-0.4, -0.2) is 0 Å². The summed E-state index contributed by atoms with van der Waals surface area (Å²) < 4.78 is 0. The summed E-state index contributed by atoms with van der Waals surface area (Å²) in [5.74, 6) is 2.85. The molecule has 0 spiro atoms. The molecule has 0 aliphatic rings. The van der Waals surface area contributed by atoms with Crippen LogP contribution in [0, 0.1) is 0 Å². The maximum absolute atomic E-state index is 3.72. The summed E-state index contributed by atoms with van der Waals surface area (Å²) in [6.45, 7) is 27.5. The molecular weight excluding hydrogens is 388 g/mol. The van der Waals surface area contributed by atoms with Gasteiger partial charge >= 0.3 is 0 Å². The standard InChI is InChI=1S/C30H48N2/c1-17(2)23-13-25(19(5)6)29(26(14-23)20(7)8)31-32-30-27(21(9)10)15-24(18(3)4)16-28(30)22(11)12/h13-22,31-32H,1-12H3. The molecule has 2 rings (SSSR count). The van der Waals surface area contributed by atoms with Crippen molar-refractivity contribution >= 4 is 11.4 Å².